The van der Waals surface area contributed by atoms with E-state index in [1.54, 1.807) is 12.4 Å². The smallest absolute Gasteiger partial charge is 0.308 e. The Balaban J connectivity index is 1.86. The fourth-order valence-corrected chi connectivity index (χ4v) is 2.24. The van der Waals surface area contributed by atoms with Crippen molar-refractivity contribution >= 4 is 11.9 Å². The molecule has 2 atom stereocenters. The lowest BCUT2D eigenvalue weighted by Crippen LogP contribution is -2.20. The average Bonchev–Trinajstić information content (AvgIpc) is 2.81. The highest BCUT2D eigenvalue weighted by Gasteiger charge is 2.31. The highest BCUT2D eigenvalue weighted by Crippen LogP contribution is 2.28. The first-order valence-corrected chi connectivity index (χ1v) is 6.41. The molecule has 0 amide bonds. The number of nitrogens with zero attached hydrogens (tertiary/aromatic N) is 2. The van der Waals surface area contributed by atoms with Gasteiger partial charge in [-0.05, 0) is 38.7 Å². The van der Waals surface area contributed by atoms with Crippen LogP contribution in [0.4, 0.5) is 5.95 Å². The monoisotopic (exact) mass is 249 g/mol. The minimum Gasteiger partial charge on any atom is -0.466 e. The van der Waals surface area contributed by atoms with Crippen LogP contribution >= 0.6 is 0 Å². The molecule has 2 unspecified atom stereocenters. The van der Waals surface area contributed by atoms with Crippen molar-refractivity contribution in [3.8, 4) is 0 Å². The van der Waals surface area contributed by atoms with E-state index in [1.165, 1.54) is 0 Å². The summed E-state index contributed by atoms with van der Waals surface area (Å²) in [7, 11) is 0. The highest BCUT2D eigenvalue weighted by molar-refractivity contribution is 5.73. The molecule has 1 aliphatic carbocycles. The number of hydrogen-bond acceptors (Lipinski definition) is 5. The maximum atomic E-state index is 11.6. The maximum Gasteiger partial charge on any atom is 0.308 e. The lowest BCUT2D eigenvalue weighted by atomic mass is 10.1. The molecule has 0 saturated heterocycles. The molecule has 0 aromatic carbocycles. The van der Waals surface area contributed by atoms with E-state index in [2.05, 4.69) is 15.3 Å². The molecule has 0 radical (unpaired) electrons. The van der Waals surface area contributed by atoms with Gasteiger partial charge in [0.1, 0.15) is 0 Å². The lowest BCUT2D eigenvalue weighted by Gasteiger charge is -2.12. The number of carbonyl (C=O) groups excluding carboxylic acids is 1. The Kier molecular flexibility index (Phi) is 4.12. The van der Waals surface area contributed by atoms with Crippen molar-refractivity contribution < 1.29 is 9.53 Å². The molecule has 18 heavy (non-hydrogen) atoms. The molecule has 1 aromatic heterocycles. The van der Waals surface area contributed by atoms with Gasteiger partial charge in [0, 0.05) is 18.4 Å². The van der Waals surface area contributed by atoms with E-state index >= 15 is 0 Å². The Morgan fingerprint density at radius 3 is 2.83 bits per heavy atom. The number of nitrogens with one attached hydrogen (secondary N) is 1. The maximum absolute atomic E-state index is 11.6. The van der Waals surface area contributed by atoms with Crippen molar-refractivity contribution in [3.63, 3.8) is 0 Å². The van der Waals surface area contributed by atoms with Crippen LogP contribution in [0.1, 0.15) is 31.7 Å². The Morgan fingerprint density at radius 1 is 1.44 bits per heavy atom. The molecule has 1 saturated carbocycles. The molecule has 1 aromatic rings. The summed E-state index contributed by atoms with van der Waals surface area (Å²) < 4.78 is 5.04. The summed E-state index contributed by atoms with van der Waals surface area (Å²) in [5.41, 5.74) is 1.04. The van der Waals surface area contributed by atoms with Crippen LogP contribution in [-0.2, 0) is 9.53 Å². The number of carbonyl (C=O) groups is 1. The van der Waals surface area contributed by atoms with Crippen LogP contribution in [0.25, 0.3) is 0 Å². The third-order valence-electron chi connectivity index (χ3n) is 3.17. The van der Waals surface area contributed by atoms with Gasteiger partial charge in [0.15, 0.2) is 0 Å². The lowest BCUT2D eigenvalue weighted by molar-refractivity contribution is -0.147. The summed E-state index contributed by atoms with van der Waals surface area (Å²) in [6.45, 7) is 4.24. The van der Waals surface area contributed by atoms with Gasteiger partial charge in [-0.2, -0.15) is 0 Å². The molecule has 98 valence electrons. The molecular formula is C13H19N3O2. The van der Waals surface area contributed by atoms with Gasteiger partial charge < -0.3 is 10.1 Å². The first kappa shape index (κ1) is 12.8. The van der Waals surface area contributed by atoms with E-state index in [0.717, 1.165) is 24.8 Å². The second-order valence-electron chi connectivity index (χ2n) is 4.69. The number of ether oxygens (including phenoxy) is 1. The minimum atomic E-state index is -0.0772. The topological polar surface area (TPSA) is 64.1 Å². The largest absolute Gasteiger partial charge is 0.466 e. The fraction of sp³-hybridized carbons (Fsp3) is 0.615. The predicted octanol–water partition coefficient (Wildman–Crippen LogP) is 1.93. The number of aromatic nitrogens is 2. The van der Waals surface area contributed by atoms with Crippen molar-refractivity contribution in [1.29, 1.82) is 0 Å². The number of aryl methyl sites for hydroxylation is 1. The molecule has 5 heteroatoms. The molecule has 2 rings (SSSR count). The van der Waals surface area contributed by atoms with E-state index in [0.29, 0.717) is 12.6 Å². The fourth-order valence-electron chi connectivity index (χ4n) is 2.24. The first-order chi connectivity index (χ1) is 8.69. The zero-order chi connectivity index (χ0) is 13.0. The van der Waals surface area contributed by atoms with Gasteiger partial charge in [0.05, 0.1) is 12.5 Å². The van der Waals surface area contributed by atoms with Gasteiger partial charge in [-0.25, -0.2) is 9.97 Å². The van der Waals surface area contributed by atoms with Gasteiger partial charge >= 0.3 is 5.97 Å². The minimum absolute atomic E-state index is 0.0212. The second-order valence-corrected chi connectivity index (χ2v) is 4.69. The quantitative estimate of drug-likeness (QED) is 0.826. The van der Waals surface area contributed by atoms with Gasteiger partial charge in [-0.15, -0.1) is 0 Å². The Bertz CT molecular complexity index is 405. The van der Waals surface area contributed by atoms with Crippen LogP contribution in [0.15, 0.2) is 12.4 Å². The number of anilines is 1. The molecule has 1 N–H and O–H groups in total. The van der Waals surface area contributed by atoms with Gasteiger partial charge in [-0.1, -0.05) is 0 Å². The molecule has 1 heterocycles. The van der Waals surface area contributed by atoms with E-state index < -0.39 is 0 Å². The average molecular weight is 249 g/mol. The normalized spacial score (nSPS) is 22.8. The summed E-state index contributed by atoms with van der Waals surface area (Å²) in [5, 5.41) is 3.27. The Hall–Kier alpha value is -1.65. The van der Waals surface area contributed by atoms with E-state index in [-0.39, 0.29) is 17.9 Å². The van der Waals surface area contributed by atoms with Crippen molar-refractivity contribution in [3.05, 3.63) is 18.0 Å². The van der Waals surface area contributed by atoms with Gasteiger partial charge in [-0.3, -0.25) is 4.79 Å². The zero-order valence-electron chi connectivity index (χ0n) is 10.8. The molecule has 0 bridgehead atoms. The van der Waals surface area contributed by atoms with E-state index in [4.69, 9.17) is 4.74 Å². The van der Waals surface area contributed by atoms with Crippen molar-refractivity contribution in [2.45, 2.75) is 39.2 Å². The summed E-state index contributed by atoms with van der Waals surface area (Å²) in [6, 6.07) is 0.266. The molecule has 1 aliphatic rings. The first-order valence-electron chi connectivity index (χ1n) is 6.41. The predicted molar refractivity (Wildman–Crippen MR) is 68.2 cm³/mol. The molecule has 0 spiro atoms. The van der Waals surface area contributed by atoms with E-state index in [9.17, 15) is 4.79 Å². The van der Waals surface area contributed by atoms with Crippen LogP contribution in [0.5, 0.6) is 0 Å². The summed E-state index contributed by atoms with van der Waals surface area (Å²) in [4.78, 5) is 20.0. The van der Waals surface area contributed by atoms with E-state index in [1.807, 2.05) is 13.8 Å². The summed E-state index contributed by atoms with van der Waals surface area (Å²) >= 11 is 0. The standard InChI is InChI=1S/C13H19N3O2/c1-3-18-12(17)10-4-5-11(6-10)16-13-14-7-9(2)8-15-13/h7-8,10-11H,3-6H2,1-2H3,(H,14,15,16). The Morgan fingerprint density at radius 2 is 2.17 bits per heavy atom. The molecule has 5 nitrogen and oxygen atoms in total. The SMILES string of the molecule is CCOC(=O)C1CCC(Nc2ncc(C)cn2)C1. The van der Waals surface area contributed by atoms with Crippen molar-refractivity contribution in [1.82, 2.24) is 9.97 Å². The number of rotatable bonds is 4. The highest BCUT2D eigenvalue weighted by atomic mass is 16.5. The van der Waals surface area contributed by atoms with Gasteiger partial charge in [0.2, 0.25) is 5.95 Å². The zero-order valence-corrected chi connectivity index (χ0v) is 10.8. The third-order valence-corrected chi connectivity index (χ3v) is 3.17. The molecular weight excluding hydrogens is 230 g/mol. The van der Waals surface area contributed by atoms with Crippen molar-refractivity contribution in [2.24, 2.45) is 5.92 Å². The summed E-state index contributed by atoms with van der Waals surface area (Å²) in [5.74, 6) is 0.578. The van der Waals surface area contributed by atoms with Crippen LogP contribution in [-0.4, -0.2) is 28.6 Å². The Labute approximate surface area is 107 Å². The summed E-state index contributed by atoms with van der Waals surface area (Å²) in [6.07, 6.45) is 6.21. The van der Waals surface area contributed by atoms with Crippen LogP contribution in [0, 0.1) is 12.8 Å². The number of hydrogen-bond donors (Lipinski definition) is 1. The van der Waals surface area contributed by atoms with Crippen molar-refractivity contribution in [2.75, 3.05) is 11.9 Å². The second kappa shape index (κ2) is 5.80. The molecule has 0 aliphatic heterocycles. The van der Waals surface area contributed by atoms with Crippen LogP contribution < -0.4 is 5.32 Å². The van der Waals surface area contributed by atoms with Gasteiger partial charge in [0.25, 0.3) is 0 Å². The third kappa shape index (κ3) is 3.18. The van der Waals surface area contributed by atoms with Crippen LogP contribution in [0.2, 0.25) is 0 Å². The van der Waals surface area contributed by atoms with Crippen LogP contribution in [0.3, 0.4) is 0 Å². The number of esters is 1. The molecule has 1 fully saturated rings.